The van der Waals surface area contributed by atoms with Gasteiger partial charge in [0.05, 0.1) is 33.4 Å². The number of rotatable bonds is 9. The molecule has 116 valence electrons. The van der Waals surface area contributed by atoms with E-state index in [0.717, 1.165) is 36.5 Å². The first-order valence-electron chi connectivity index (χ1n) is 8.07. The monoisotopic (exact) mass is 290 g/mol. The van der Waals surface area contributed by atoms with Crippen LogP contribution in [0.25, 0.3) is 0 Å². The zero-order valence-electron chi connectivity index (χ0n) is 13.2. The van der Waals surface area contributed by atoms with Gasteiger partial charge in [0.25, 0.3) is 0 Å². The lowest BCUT2D eigenvalue weighted by Crippen LogP contribution is -3.09. The van der Waals surface area contributed by atoms with Crippen LogP contribution in [0.5, 0.6) is 11.5 Å². The van der Waals surface area contributed by atoms with Gasteiger partial charge in [-0.2, -0.15) is 0 Å². The van der Waals surface area contributed by atoms with E-state index in [0.29, 0.717) is 0 Å². The Hall–Kier alpha value is -1.48. The molecule has 3 heteroatoms. The predicted octanol–water partition coefficient (Wildman–Crippen LogP) is 2.26. The smallest absolute Gasteiger partial charge is 0.123 e. The second-order valence-corrected chi connectivity index (χ2v) is 5.73. The summed E-state index contributed by atoms with van der Waals surface area (Å²) in [7, 11) is 1.69. The minimum Gasteiger partial charge on any atom is -0.497 e. The number of hydrogen-bond donors (Lipinski definition) is 1. The molecule has 1 fully saturated rings. The van der Waals surface area contributed by atoms with Crippen molar-refractivity contribution in [2.24, 2.45) is 0 Å². The Morgan fingerprint density at radius 1 is 1.24 bits per heavy atom. The zero-order valence-corrected chi connectivity index (χ0v) is 13.2. The number of likely N-dealkylation sites (tertiary alicyclic amines) is 1. The van der Waals surface area contributed by atoms with Gasteiger partial charge in [-0.1, -0.05) is 6.08 Å². The average molecular weight is 290 g/mol. The molecule has 1 heterocycles. The van der Waals surface area contributed by atoms with Gasteiger partial charge in [-0.25, -0.2) is 0 Å². The van der Waals surface area contributed by atoms with Gasteiger partial charge in [0.1, 0.15) is 11.5 Å². The van der Waals surface area contributed by atoms with E-state index < -0.39 is 0 Å². The molecular weight excluding hydrogens is 262 g/mol. The molecule has 0 radical (unpaired) electrons. The van der Waals surface area contributed by atoms with Crippen molar-refractivity contribution in [1.29, 1.82) is 0 Å². The number of methoxy groups -OCH3 is 1. The minimum atomic E-state index is 0.795. The Balaban J connectivity index is 1.74. The van der Waals surface area contributed by atoms with Crippen LogP contribution in [0.4, 0.5) is 0 Å². The molecule has 1 aromatic rings. The molecular formula is C18H28NO2+. The summed E-state index contributed by atoms with van der Waals surface area (Å²) in [5, 5.41) is 0. The summed E-state index contributed by atoms with van der Waals surface area (Å²) in [5.41, 5.74) is 1.15. The number of hydrogen-bond acceptors (Lipinski definition) is 2. The second kappa shape index (κ2) is 8.73. The van der Waals surface area contributed by atoms with Crippen molar-refractivity contribution >= 4 is 0 Å². The van der Waals surface area contributed by atoms with Crippen LogP contribution in [0.2, 0.25) is 0 Å². The van der Waals surface area contributed by atoms with E-state index in [9.17, 15) is 0 Å². The second-order valence-electron chi connectivity index (χ2n) is 5.73. The third kappa shape index (κ3) is 5.09. The highest BCUT2D eigenvalue weighted by Gasteiger charge is 2.14. The highest BCUT2D eigenvalue weighted by Crippen LogP contribution is 2.25. The summed E-state index contributed by atoms with van der Waals surface area (Å²) >= 11 is 0. The first-order chi connectivity index (χ1) is 10.3. The summed E-state index contributed by atoms with van der Waals surface area (Å²) < 4.78 is 11.2. The number of quaternary nitrogens is 1. The maximum absolute atomic E-state index is 5.94. The number of ether oxygens (including phenoxy) is 2. The van der Waals surface area contributed by atoms with E-state index in [1.807, 2.05) is 24.3 Å². The molecule has 0 bridgehead atoms. The van der Waals surface area contributed by atoms with Crippen LogP contribution in [0.15, 0.2) is 30.9 Å². The number of unbranched alkanes of at least 4 members (excludes halogenated alkanes) is 1. The molecule has 1 aliphatic heterocycles. The SMILES string of the molecule is C=CCc1cc(OC)ccc1OCCCC[NH+]1CCCC1. The first kappa shape index (κ1) is 15.9. The molecule has 21 heavy (non-hydrogen) atoms. The fraction of sp³-hybridized carbons (Fsp3) is 0.556. The van der Waals surface area contributed by atoms with Crippen molar-refractivity contribution in [1.82, 2.24) is 0 Å². The van der Waals surface area contributed by atoms with Gasteiger partial charge in [-0.3, -0.25) is 0 Å². The van der Waals surface area contributed by atoms with E-state index in [1.54, 1.807) is 12.0 Å². The van der Waals surface area contributed by atoms with Crippen molar-refractivity contribution in [2.45, 2.75) is 32.1 Å². The minimum absolute atomic E-state index is 0.795. The molecule has 1 N–H and O–H groups in total. The number of allylic oxidation sites excluding steroid dienone is 1. The first-order valence-corrected chi connectivity index (χ1v) is 8.07. The standard InChI is InChI=1S/C18H27NO2/c1-3-8-16-15-17(20-2)9-10-18(16)21-14-7-6-13-19-11-4-5-12-19/h3,9-10,15H,1,4-8,11-14H2,2H3/p+1. The molecule has 0 amide bonds. The molecule has 0 spiro atoms. The van der Waals surface area contributed by atoms with Gasteiger partial charge in [-0.05, 0) is 37.5 Å². The van der Waals surface area contributed by atoms with Crippen molar-refractivity contribution in [3.8, 4) is 11.5 Å². The molecule has 0 saturated carbocycles. The molecule has 2 rings (SSSR count). The highest BCUT2D eigenvalue weighted by atomic mass is 16.5. The van der Waals surface area contributed by atoms with Gasteiger partial charge in [0.15, 0.2) is 0 Å². The summed E-state index contributed by atoms with van der Waals surface area (Å²) in [6.45, 7) is 8.63. The van der Waals surface area contributed by atoms with Crippen LogP contribution < -0.4 is 14.4 Å². The van der Waals surface area contributed by atoms with Gasteiger partial charge in [0, 0.05) is 18.4 Å². The Kier molecular flexibility index (Phi) is 6.61. The van der Waals surface area contributed by atoms with Gasteiger partial charge in [-0.15, -0.1) is 6.58 Å². The highest BCUT2D eigenvalue weighted by molar-refractivity contribution is 5.41. The topological polar surface area (TPSA) is 22.9 Å². The lowest BCUT2D eigenvalue weighted by molar-refractivity contribution is -0.887. The lowest BCUT2D eigenvalue weighted by atomic mass is 10.1. The largest absolute Gasteiger partial charge is 0.497 e. The molecule has 0 aromatic heterocycles. The lowest BCUT2D eigenvalue weighted by Gasteiger charge is -2.13. The summed E-state index contributed by atoms with van der Waals surface area (Å²) in [5.74, 6) is 1.83. The molecule has 0 unspecified atom stereocenters. The maximum Gasteiger partial charge on any atom is 0.123 e. The molecule has 0 atom stereocenters. The van der Waals surface area contributed by atoms with Crippen LogP contribution in [-0.2, 0) is 6.42 Å². The zero-order chi connectivity index (χ0) is 14.9. The Labute approximate surface area is 128 Å². The van der Waals surface area contributed by atoms with Gasteiger partial charge >= 0.3 is 0 Å². The van der Waals surface area contributed by atoms with E-state index in [2.05, 4.69) is 6.58 Å². The summed E-state index contributed by atoms with van der Waals surface area (Å²) in [6.07, 6.45) is 7.90. The fourth-order valence-electron chi connectivity index (χ4n) is 2.92. The van der Waals surface area contributed by atoms with Crippen LogP contribution in [0.1, 0.15) is 31.2 Å². The van der Waals surface area contributed by atoms with Gasteiger partial charge < -0.3 is 14.4 Å². The summed E-state index contributed by atoms with van der Waals surface area (Å²) in [4.78, 5) is 1.77. The van der Waals surface area contributed by atoms with E-state index in [1.165, 1.54) is 38.9 Å². The Bertz CT molecular complexity index is 439. The Morgan fingerprint density at radius 3 is 2.76 bits per heavy atom. The van der Waals surface area contributed by atoms with Crippen LogP contribution in [-0.4, -0.2) is 33.4 Å². The maximum atomic E-state index is 5.94. The van der Waals surface area contributed by atoms with E-state index >= 15 is 0 Å². The van der Waals surface area contributed by atoms with Crippen molar-refractivity contribution < 1.29 is 14.4 Å². The predicted molar refractivity (Wildman–Crippen MR) is 86.4 cm³/mol. The number of benzene rings is 1. The molecule has 1 saturated heterocycles. The number of nitrogens with one attached hydrogen (secondary N) is 1. The van der Waals surface area contributed by atoms with E-state index in [4.69, 9.17) is 9.47 Å². The fourth-order valence-corrected chi connectivity index (χ4v) is 2.92. The van der Waals surface area contributed by atoms with Gasteiger partial charge in [0.2, 0.25) is 0 Å². The molecule has 3 nitrogen and oxygen atoms in total. The van der Waals surface area contributed by atoms with Crippen molar-refractivity contribution in [3.05, 3.63) is 36.4 Å². The van der Waals surface area contributed by atoms with Crippen LogP contribution in [0.3, 0.4) is 0 Å². The third-order valence-corrected chi connectivity index (χ3v) is 4.12. The molecule has 1 aromatic carbocycles. The average Bonchev–Trinajstić information content (AvgIpc) is 3.01. The van der Waals surface area contributed by atoms with Crippen LogP contribution in [0, 0.1) is 0 Å². The molecule has 0 aliphatic carbocycles. The third-order valence-electron chi connectivity index (χ3n) is 4.12. The summed E-state index contributed by atoms with van der Waals surface area (Å²) in [6, 6.07) is 5.99. The molecule has 1 aliphatic rings. The normalized spacial score (nSPS) is 15.1. The van der Waals surface area contributed by atoms with Crippen LogP contribution >= 0.6 is 0 Å². The van der Waals surface area contributed by atoms with Crippen molar-refractivity contribution in [2.75, 3.05) is 33.4 Å². The Morgan fingerprint density at radius 2 is 2.05 bits per heavy atom. The van der Waals surface area contributed by atoms with Crippen molar-refractivity contribution in [3.63, 3.8) is 0 Å². The quantitative estimate of drug-likeness (QED) is 0.557. The van der Waals surface area contributed by atoms with E-state index in [-0.39, 0.29) is 0 Å².